The molecule has 1 unspecified atom stereocenters. The van der Waals surface area contributed by atoms with E-state index in [1.54, 1.807) is 4.90 Å². The summed E-state index contributed by atoms with van der Waals surface area (Å²) in [6.45, 7) is 3.32. The Balaban J connectivity index is 1.76. The van der Waals surface area contributed by atoms with Crippen LogP contribution in [0.15, 0.2) is 12.3 Å². The highest BCUT2D eigenvalue weighted by molar-refractivity contribution is 5.95. The van der Waals surface area contributed by atoms with Crippen molar-refractivity contribution in [3.8, 4) is 0 Å². The normalized spacial score (nSPS) is 23.4. The number of piperazine rings is 1. The molecule has 1 aromatic heterocycles. The molecule has 0 aromatic carbocycles. The molecule has 3 rings (SSSR count). The molecule has 0 saturated carbocycles. The van der Waals surface area contributed by atoms with E-state index in [1.807, 2.05) is 0 Å². The maximum atomic E-state index is 13.9. The van der Waals surface area contributed by atoms with E-state index in [1.165, 1.54) is 25.1 Å². The van der Waals surface area contributed by atoms with Crippen molar-refractivity contribution < 1.29 is 9.18 Å². The Labute approximate surface area is 117 Å². The number of nitrogens with two attached hydrogens (primary N) is 1. The van der Waals surface area contributed by atoms with Gasteiger partial charge in [-0.15, -0.1) is 0 Å². The van der Waals surface area contributed by atoms with Gasteiger partial charge in [-0.05, 0) is 25.5 Å². The van der Waals surface area contributed by atoms with Gasteiger partial charge in [0.1, 0.15) is 0 Å². The number of fused-ring (bicyclic) bond motifs is 1. The summed E-state index contributed by atoms with van der Waals surface area (Å²) in [5.41, 5.74) is 5.46. The molecule has 2 fully saturated rings. The van der Waals surface area contributed by atoms with Crippen molar-refractivity contribution >= 4 is 11.7 Å². The summed E-state index contributed by atoms with van der Waals surface area (Å²) in [5, 5.41) is 0. The van der Waals surface area contributed by atoms with Gasteiger partial charge in [0, 0.05) is 31.9 Å². The van der Waals surface area contributed by atoms with E-state index in [0.29, 0.717) is 19.1 Å². The van der Waals surface area contributed by atoms with E-state index in [0.717, 1.165) is 19.5 Å². The third-order valence-electron chi connectivity index (χ3n) is 4.27. The molecule has 6 heteroatoms. The van der Waals surface area contributed by atoms with Gasteiger partial charge in [0.05, 0.1) is 5.56 Å². The SMILES string of the molecule is Nc1nccc(C(=O)N2CCN3CCCCC3C2)c1F. The number of carbonyl (C=O) groups is 1. The van der Waals surface area contributed by atoms with Crippen molar-refractivity contribution in [2.75, 3.05) is 31.9 Å². The first-order valence-corrected chi connectivity index (χ1v) is 7.10. The van der Waals surface area contributed by atoms with Gasteiger partial charge in [0.15, 0.2) is 11.6 Å². The number of rotatable bonds is 1. The lowest BCUT2D eigenvalue weighted by molar-refractivity contribution is 0.0369. The fourth-order valence-electron chi connectivity index (χ4n) is 3.14. The van der Waals surface area contributed by atoms with E-state index >= 15 is 0 Å². The van der Waals surface area contributed by atoms with E-state index < -0.39 is 5.82 Å². The molecule has 2 aliphatic rings. The number of anilines is 1. The predicted octanol–water partition coefficient (Wildman–Crippen LogP) is 1.11. The van der Waals surface area contributed by atoms with Crippen LogP contribution >= 0.6 is 0 Å². The minimum atomic E-state index is -0.705. The Kier molecular flexibility index (Phi) is 3.56. The summed E-state index contributed by atoms with van der Waals surface area (Å²) >= 11 is 0. The van der Waals surface area contributed by atoms with Crippen molar-refractivity contribution in [1.82, 2.24) is 14.8 Å². The van der Waals surface area contributed by atoms with Gasteiger partial charge in [-0.2, -0.15) is 0 Å². The van der Waals surface area contributed by atoms with Gasteiger partial charge < -0.3 is 10.6 Å². The smallest absolute Gasteiger partial charge is 0.257 e. The molecule has 1 atom stereocenters. The Bertz CT molecular complexity index is 522. The Morgan fingerprint density at radius 1 is 1.35 bits per heavy atom. The fourth-order valence-corrected chi connectivity index (χ4v) is 3.14. The first kappa shape index (κ1) is 13.3. The summed E-state index contributed by atoms with van der Waals surface area (Å²) in [6.07, 6.45) is 4.94. The second-order valence-corrected chi connectivity index (χ2v) is 5.49. The number of nitrogen functional groups attached to an aromatic ring is 1. The van der Waals surface area contributed by atoms with E-state index in [2.05, 4.69) is 9.88 Å². The zero-order valence-electron chi connectivity index (χ0n) is 11.4. The van der Waals surface area contributed by atoms with Crippen LogP contribution in [0.2, 0.25) is 0 Å². The van der Waals surface area contributed by atoms with E-state index in [4.69, 9.17) is 5.73 Å². The number of halogens is 1. The van der Waals surface area contributed by atoms with Crippen molar-refractivity contribution in [2.45, 2.75) is 25.3 Å². The number of nitrogens with zero attached hydrogens (tertiary/aromatic N) is 3. The summed E-state index contributed by atoms with van der Waals surface area (Å²) in [5.74, 6) is -1.20. The minimum absolute atomic E-state index is 0.0294. The van der Waals surface area contributed by atoms with Crippen LogP contribution < -0.4 is 5.73 Å². The average molecular weight is 278 g/mol. The van der Waals surface area contributed by atoms with Gasteiger partial charge >= 0.3 is 0 Å². The number of carbonyl (C=O) groups excluding carboxylic acids is 1. The molecule has 1 aromatic rings. The van der Waals surface area contributed by atoms with Gasteiger partial charge in [-0.25, -0.2) is 9.37 Å². The van der Waals surface area contributed by atoms with Crippen LogP contribution in [0, 0.1) is 5.82 Å². The Morgan fingerprint density at radius 3 is 3.05 bits per heavy atom. The third-order valence-corrected chi connectivity index (χ3v) is 4.27. The maximum Gasteiger partial charge on any atom is 0.257 e. The highest BCUT2D eigenvalue weighted by atomic mass is 19.1. The van der Waals surface area contributed by atoms with Crippen LogP contribution in [-0.2, 0) is 0 Å². The first-order chi connectivity index (χ1) is 9.66. The monoisotopic (exact) mass is 278 g/mol. The van der Waals surface area contributed by atoms with Crippen molar-refractivity contribution in [3.63, 3.8) is 0 Å². The lowest BCUT2D eigenvalue weighted by Gasteiger charge is -2.44. The minimum Gasteiger partial charge on any atom is -0.381 e. The molecule has 5 nitrogen and oxygen atoms in total. The van der Waals surface area contributed by atoms with E-state index in [9.17, 15) is 9.18 Å². The Hall–Kier alpha value is -1.69. The number of hydrogen-bond donors (Lipinski definition) is 1. The molecule has 2 N–H and O–H groups in total. The van der Waals surface area contributed by atoms with Gasteiger partial charge in [0.25, 0.3) is 5.91 Å². The summed E-state index contributed by atoms with van der Waals surface area (Å²) in [7, 11) is 0. The molecule has 108 valence electrons. The van der Waals surface area contributed by atoms with Crippen LogP contribution in [0.3, 0.4) is 0 Å². The maximum absolute atomic E-state index is 13.9. The van der Waals surface area contributed by atoms with Crippen molar-refractivity contribution in [2.24, 2.45) is 0 Å². The number of aromatic nitrogens is 1. The van der Waals surface area contributed by atoms with Crippen LogP contribution in [0.4, 0.5) is 10.2 Å². The third kappa shape index (κ3) is 2.35. The second kappa shape index (κ2) is 5.36. The standard InChI is InChI=1S/C14H19FN4O/c15-12-11(4-5-17-13(12)16)14(20)19-8-7-18-6-2-1-3-10(18)9-19/h4-5,10H,1-3,6-9H2,(H2,16,17). The highest BCUT2D eigenvalue weighted by Crippen LogP contribution is 2.23. The average Bonchev–Trinajstić information content (AvgIpc) is 2.49. The summed E-state index contributed by atoms with van der Waals surface area (Å²) in [4.78, 5) is 20.3. The van der Waals surface area contributed by atoms with Crippen LogP contribution in [0.5, 0.6) is 0 Å². The van der Waals surface area contributed by atoms with Crippen LogP contribution in [0.1, 0.15) is 29.6 Å². The molecule has 0 spiro atoms. The fraction of sp³-hybridized carbons (Fsp3) is 0.571. The second-order valence-electron chi connectivity index (χ2n) is 5.49. The molecule has 20 heavy (non-hydrogen) atoms. The molecule has 1 amide bonds. The molecular formula is C14H19FN4O. The van der Waals surface area contributed by atoms with Crippen LogP contribution in [0.25, 0.3) is 0 Å². The Morgan fingerprint density at radius 2 is 2.20 bits per heavy atom. The summed E-state index contributed by atoms with van der Waals surface area (Å²) < 4.78 is 13.9. The molecule has 3 heterocycles. The zero-order valence-corrected chi connectivity index (χ0v) is 11.4. The quantitative estimate of drug-likeness (QED) is 0.836. The summed E-state index contributed by atoms with van der Waals surface area (Å²) in [6, 6.07) is 1.82. The van der Waals surface area contributed by atoms with Crippen molar-refractivity contribution in [3.05, 3.63) is 23.6 Å². The number of piperidine rings is 1. The molecule has 2 saturated heterocycles. The van der Waals surface area contributed by atoms with E-state index in [-0.39, 0.29) is 17.3 Å². The molecule has 2 aliphatic heterocycles. The van der Waals surface area contributed by atoms with Gasteiger partial charge in [-0.1, -0.05) is 6.42 Å². The number of pyridine rings is 1. The molecular weight excluding hydrogens is 259 g/mol. The number of hydrogen-bond acceptors (Lipinski definition) is 4. The predicted molar refractivity (Wildman–Crippen MR) is 73.7 cm³/mol. The zero-order chi connectivity index (χ0) is 14.1. The first-order valence-electron chi connectivity index (χ1n) is 7.10. The highest BCUT2D eigenvalue weighted by Gasteiger charge is 2.32. The topological polar surface area (TPSA) is 62.5 Å². The van der Waals surface area contributed by atoms with Gasteiger partial charge in [-0.3, -0.25) is 9.69 Å². The van der Waals surface area contributed by atoms with Crippen LogP contribution in [-0.4, -0.2) is 52.9 Å². The van der Waals surface area contributed by atoms with Gasteiger partial charge in [0.2, 0.25) is 0 Å². The molecule has 0 radical (unpaired) electrons. The lowest BCUT2D eigenvalue weighted by Crippen LogP contribution is -2.56. The number of amides is 1. The largest absolute Gasteiger partial charge is 0.381 e. The lowest BCUT2D eigenvalue weighted by atomic mass is 9.99. The molecule has 0 aliphatic carbocycles. The molecule has 0 bridgehead atoms. The van der Waals surface area contributed by atoms with Crippen molar-refractivity contribution in [1.29, 1.82) is 0 Å².